The summed E-state index contributed by atoms with van der Waals surface area (Å²) in [7, 11) is 0. The predicted octanol–water partition coefficient (Wildman–Crippen LogP) is 4.08. The average Bonchev–Trinajstić information content (AvgIpc) is 2.75. The van der Waals surface area contributed by atoms with Gasteiger partial charge in [0.15, 0.2) is 0 Å². The maximum Gasteiger partial charge on any atom is 0.275 e. The van der Waals surface area contributed by atoms with E-state index in [4.69, 9.17) is 23.2 Å². The van der Waals surface area contributed by atoms with Crippen LogP contribution in [0.25, 0.3) is 10.8 Å². The Morgan fingerprint density at radius 2 is 1.77 bits per heavy atom. The Kier molecular flexibility index (Phi) is 5.79. The van der Waals surface area contributed by atoms with Crippen molar-refractivity contribution in [3.8, 4) is 0 Å². The minimum absolute atomic E-state index is 0.126. The summed E-state index contributed by atoms with van der Waals surface area (Å²) < 4.78 is 1.36. The van der Waals surface area contributed by atoms with Crippen LogP contribution in [0.15, 0.2) is 71.7 Å². The smallest absolute Gasteiger partial charge is 0.275 e. The monoisotopic (exact) mass is 438 g/mol. The van der Waals surface area contributed by atoms with Crippen LogP contribution in [-0.2, 0) is 13.1 Å². The maximum absolute atomic E-state index is 12.9. The highest BCUT2D eigenvalue weighted by Gasteiger charge is 2.14. The third-order valence-electron chi connectivity index (χ3n) is 4.57. The molecule has 2 aromatic heterocycles. The van der Waals surface area contributed by atoms with Gasteiger partial charge >= 0.3 is 0 Å². The van der Waals surface area contributed by atoms with Crippen LogP contribution in [-0.4, -0.2) is 20.7 Å². The van der Waals surface area contributed by atoms with Crippen molar-refractivity contribution in [1.29, 1.82) is 0 Å². The topological polar surface area (TPSA) is 76.9 Å². The molecule has 0 atom stereocenters. The molecule has 4 rings (SSSR count). The summed E-state index contributed by atoms with van der Waals surface area (Å²) in [6.07, 6.45) is 1.67. The molecule has 0 radical (unpaired) electrons. The number of hydrogen-bond donors (Lipinski definition) is 1. The molecule has 30 heavy (non-hydrogen) atoms. The number of amides is 1. The number of rotatable bonds is 5. The molecule has 2 heterocycles. The van der Waals surface area contributed by atoms with E-state index in [-0.39, 0.29) is 29.6 Å². The Hall–Kier alpha value is -3.22. The van der Waals surface area contributed by atoms with Crippen molar-refractivity contribution in [2.75, 3.05) is 0 Å². The van der Waals surface area contributed by atoms with Crippen molar-refractivity contribution in [3.05, 3.63) is 104 Å². The Morgan fingerprint density at radius 3 is 2.50 bits per heavy atom. The van der Waals surface area contributed by atoms with Gasteiger partial charge in [-0.2, -0.15) is 5.10 Å². The lowest BCUT2D eigenvalue weighted by Crippen LogP contribution is -2.29. The molecule has 1 amide bonds. The molecule has 2 aromatic carbocycles. The normalized spacial score (nSPS) is 10.9. The van der Waals surface area contributed by atoms with Crippen LogP contribution < -0.4 is 10.9 Å². The lowest BCUT2D eigenvalue weighted by molar-refractivity contribution is 0.0950. The van der Waals surface area contributed by atoms with E-state index in [1.807, 2.05) is 30.3 Å². The number of benzene rings is 2. The molecule has 4 aromatic rings. The zero-order chi connectivity index (χ0) is 21.1. The second-order valence-corrected chi connectivity index (χ2v) is 7.43. The molecule has 150 valence electrons. The van der Waals surface area contributed by atoms with Crippen molar-refractivity contribution in [2.24, 2.45) is 0 Å². The Balaban J connectivity index is 1.66. The molecule has 8 heteroatoms. The number of carbonyl (C=O) groups excluding carboxylic acids is 1. The molecule has 0 spiro atoms. The number of fused-ring (bicyclic) bond motifs is 1. The summed E-state index contributed by atoms with van der Waals surface area (Å²) >= 11 is 12.0. The van der Waals surface area contributed by atoms with E-state index in [2.05, 4.69) is 15.4 Å². The number of hydrogen-bond acceptors (Lipinski definition) is 4. The SMILES string of the molecule is O=C(NCc1nn(Cc2ccccn2)c(=O)c2ccccc12)c1ccc(Cl)cc1Cl. The summed E-state index contributed by atoms with van der Waals surface area (Å²) in [4.78, 5) is 29.7. The van der Waals surface area contributed by atoms with Crippen LogP contribution in [0.2, 0.25) is 10.0 Å². The molecular weight excluding hydrogens is 423 g/mol. The Morgan fingerprint density at radius 1 is 1.00 bits per heavy atom. The highest BCUT2D eigenvalue weighted by Crippen LogP contribution is 2.21. The van der Waals surface area contributed by atoms with Gasteiger partial charge in [0.25, 0.3) is 11.5 Å². The van der Waals surface area contributed by atoms with Crippen LogP contribution in [0.5, 0.6) is 0 Å². The first-order chi connectivity index (χ1) is 14.5. The predicted molar refractivity (Wildman–Crippen MR) is 117 cm³/mol. The van der Waals surface area contributed by atoms with Crippen LogP contribution in [0.1, 0.15) is 21.7 Å². The number of nitrogens with zero attached hydrogens (tertiary/aromatic N) is 3. The third kappa shape index (κ3) is 4.20. The summed E-state index contributed by atoms with van der Waals surface area (Å²) in [5.41, 5.74) is 1.38. The summed E-state index contributed by atoms with van der Waals surface area (Å²) in [6.45, 7) is 0.356. The first kappa shape index (κ1) is 20.1. The van der Waals surface area contributed by atoms with Crippen LogP contribution >= 0.6 is 23.2 Å². The van der Waals surface area contributed by atoms with Crippen molar-refractivity contribution in [2.45, 2.75) is 13.1 Å². The van der Waals surface area contributed by atoms with Crippen LogP contribution in [0.4, 0.5) is 0 Å². The lowest BCUT2D eigenvalue weighted by atomic mass is 10.1. The zero-order valence-corrected chi connectivity index (χ0v) is 17.2. The average molecular weight is 439 g/mol. The molecule has 0 aliphatic rings. The van der Waals surface area contributed by atoms with Gasteiger partial charge in [0, 0.05) is 16.6 Å². The van der Waals surface area contributed by atoms with Crippen LogP contribution in [0.3, 0.4) is 0 Å². The fourth-order valence-electron chi connectivity index (χ4n) is 3.12. The summed E-state index contributed by atoms with van der Waals surface area (Å²) in [5.74, 6) is -0.356. The van der Waals surface area contributed by atoms with E-state index in [0.717, 1.165) is 0 Å². The van der Waals surface area contributed by atoms with Gasteiger partial charge in [0.1, 0.15) is 0 Å². The summed E-state index contributed by atoms with van der Waals surface area (Å²) in [5, 5.41) is 9.23. The van der Waals surface area contributed by atoms with Crippen LogP contribution in [0, 0.1) is 0 Å². The third-order valence-corrected chi connectivity index (χ3v) is 5.12. The fraction of sp³-hybridized carbons (Fsp3) is 0.0909. The highest BCUT2D eigenvalue weighted by molar-refractivity contribution is 6.36. The maximum atomic E-state index is 12.9. The van der Waals surface area contributed by atoms with Gasteiger partial charge in [-0.25, -0.2) is 4.68 Å². The van der Waals surface area contributed by atoms with E-state index < -0.39 is 0 Å². The van der Waals surface area contributed by atoms with Crippen molar-refractivity contribution < 1.29 is 4.79 Å². The zero-order valence-electron chi connectivity index (χ0n) is 15.7. The van der Waals surface area contributed by atoms with Gasteiger partial charge in [-0.1, -0.05) is 47.5 Å². The second kappa shape index (κ2) is 8.65. The molecule has 0 unspecified atom stereocenters. The largest absolute Gasteiger partial charge is 0.346 e. The van der Waals surface area contributed by atoms with Gasteiger partial charge in [0.05, 0.1) is 40.4 Å². The molecule has 0 saturated carbocycles. The number of nitrogens with one attached hydrogen (secondary N) is 1. The van der Waals surface area contributed by atoms with Gasteiger partial charge in [0.2, 0.25) is 0 Å². The molecular formula is C22H16Cl2N4O2. The van der Waals surface area contributed by atoms with E-state index in [0.29, 0.717) is 32.7 Å². The molecule has 0 bridgehead atoms. The van der Waals surface area contributed by atoms with Gasteiger partial charge < -0.3 is 5.32 Å². The van der Waals surface area contributed by atoms with Crippen molar-refractivity contribution in [3.63, 3.8) is 0 Å². The highest BCUT2D eigenvalue weighted by atomic mass is 35.5. The van der Waals surface area contributed by atoms with Gasteiger partial charge in [-0.3, -0.25) is 14.6 Å². The molecule has 1 N–H and O–H groups in total. The lowest BCUT2D eigenvalue weighted by Gasteiger charge is -2.12. The number of halogens is 2. The van der Waals surface area contributed by atoms with E-state index >= 15 is 0 Å². The van der Waals surface area contributed by atoms with Gasteiger partial charge in [-0.15, -0.1) is 0 Å². The molecule has 0 saturated heterocycles. The van der Waals surface area contributed by atoms with Gasteiger partial charge in [-0.05, 0) is 36.4 Å². The number of pyridine rings is 1. The van der Waals surface area contributed by atoms with Crippen molar-refractivity contribution in [1.82, 2.24) is 20.1 Å². The molecule has 0 aliphatic heterocycles. The summed E-state index contributed by atoms with van der Waals surface area (Å²) in [6, 6.07) is 17.3. The molecule has 0 aliphatic carbocycles. The minimum atomic E-state index is -0.356. The quantitative estimate of drug-likeness (QED) is 0.509. The van der Waals surface area contributed by atoms with E-state index in [9.17, 15) is 9.59 Å². The fourth-order valence-corrected chi connectivity index (χ4v) is 3.62. The Labute approximate surface area is 182 Å². The minimum Gasteiger partial charge on any atom is -0.346 e. The van der Waals surface area contributed by atoms with E-state index in [1.54, 1.807) is 30.5 Å². The first-order valence-corrected chi connectivity index (χ1v) is 9.90. The number of carbonyl (C=O) groups is 1. The molecule has 0 fully saturated rings. The van der Waals surface area contributed by atoms with E-state index in [1.165, 1.54) is 10.7 Å². The molecule has 6 nitrogen and oxygen atoms in total. The van der Waals surface area contributed by atoms with Crippen molar-refractivity contribution >= 4 is 39.9 Å². The Bertz CT molecular complexity index is 1290. The number of aromatic nitrogens is 3. The second-order valence-electron chi connectivity index (χ2n) is 6.58. The first-order valence-electron chi connectivity index (χ1n) is 9.15. The standard InChI is InChI=1S/C22H16Cl2N4O2/c23-14-8-9-18(19(24)11-14)21(29)26-12-20-16-6-1-2-7-17(16)22(30)28(27-20)13-15-5-3-4-10-25-15/h1-11H,12-13H2,(H,26,29).